The van der Waals surface area contributed by atoms with Crippen molar-refractivity contribution in [1.29, 1.82) is 0 Å². The Morgan fingerprint density at radius 1 is 1.56 bits per heavy atom. The van der Waals surface area contributed by atoms with Crippen LogP contribution in [0.25, 0.3) is 0 Å². The lowest BCUT2D eigenvalue weighted by Crippen LogP contribution is -2.43. The summed E-state index contributed by atoms with van der Waals surface area (Å²) in [5.41, 5.74) is 9.26. The van der Waals surface area contributed by atoms with E-state index < -0.39 is 0 Å². The second-order valence-corrected chi connectivity index (χ2v) is 4.63. The first-order chi connectivity index (χ1) is 8.63. The van der Waals surface area contributed by atoms with Gasteiger partial charge in [-0.05, 0) is 37.5 Å². The largest absolute Gasteiger partial charge is 0.465 e. The third-order valence-corrected chi connectivity index (χ3v) is 3.51. The summed E-state index contributed by atoms with van der Waals surface area (Å²) in [7, 11) is 0. The monoisotopic (exact) mass is 248 g/mol. The van der Waals surface area contributed by atoms with Gasteiger partial charge in [-0.1, -0.05) is 12.1 Å². The fourth-order valence-electron chi connectivity index (χ4n) is 2.40. The Labute approximate surface area is 108 Å². The van der Waals surface area contributed by atoms with Gasteiger partial charge in [0.25, 0.3) is 0 Å². The van der Waals surface area contributed by atoms with Crippen molar-refractivity contribution in [1.82, 2.24) is 4.90 Å². The molecule has 0 aliphatic carbocycles. The summed E-state index contributed by atoms with van der Waals surface area (Å²) >= 11 is 0. The second kappa shape index (κ2) is 5.40. The Kier molecular flexibility index (Phi) is 3.87. The highest BCUT2D eigenvalue weighted by Crippen LogP contribution is 2.25. The van der Waals surface area contributed by atoms with Gasteiger partial charge in [0.1, 0.15) is 6.04 Å². The van der Waals surface area contributed by atoms with E-state index in [1.165, 1.54) is 11.1 Å². The van der Waals surface area contributed by atoms with Gasteiger partial charge in [0.05, 0.1) is 6.61 Å². The van der Waals surface area contributed by atoms with Crippen molar-refractivity contribution in [2.75, 3.05) is 18.9 Å². The number of anilines is 1. The molecule has 0 saturated carbocycles. The van der Waals surface area contributed by atoms with Crippen LogP contribution in [-0.2, 0) is 22.5 Å². The van der Waals surface area contributed by atoms with Gasteiger partial charge in [0.15, 0.2) is 0 Å². The molecule has 2 N–H and O–H groups in total. The zero-order valence-corrected chi connectivity index (χ0v) is 11.0. The zero-order valence-electron chi connectivity index (χ0n) is 11.0. The van der Waals surface area contributed by atoms with Crippen molar-refractivity contribution in [2.24, 2.45) is 0 Å². The van der Waals surface area contributed by atoms with Crippen molar-refractivity contribution in [3.63, 3.8) is 0 Å². The lowest BCUT2D eigenvalue weighted by atomic mass is 9.97. The Hall–Kier alpha value is -1.55. The average Bonchev–Trinajstić information content (AvgIpc) is 2.38. The third kappa shape index (κ3) is 2.48. The Morgan fingerprint density at radius 3 is 3.06 bits per heavy atom. The van der Waals surface area contributed by atoms with Crippen molar-refractivity contribution in [2.45, 2.75) is 32.9 Å². The maximum Gasteiger partial charge on any atom is 0.323 e. The maximum absolute atomic E-state index is 11.7. The van der Waals surface area contributed by atoms with Crippen LogP contribution < -0.4 is 5.73 Å². The maximum atomic E-state index is 11.7. The van der Waals surface area contributed by atoms with Gasteiger partial charge in [0, 0.05) is 18.8 Å². The summed E-state index contributed by atoms with van der Waals surface area (Å²) in [6, 6.07) is 5.78. The average molecular weight is 248 g/mol. The molecular formula is C14H20N2O2. The molecule has 18 heavy (non-hydrogen) atoms. The number of ether oxygens (including phenoxy) is 1. The molecule has 4 heteroatoms. The van der Waals surface area contributed by atoms with Crippen LogP contribution >= 0.6 is 0 Å². The zero-order chi connectivity index (χ0) is 13.1. The van der Waals surface area contributed by atoms with Crippen molar-refractivity contribution in [3.8, 4) is 0 Å². The number of nitrogens with two attached hydrogens (primary N) is 1. The molecule has 1 heterocycles. The normalized spacial score (nSPS) is 17.0. The van der Waals surface area contributed by atoms with Crippen LogP contribution in [0.2, 0.25) is 0 Å². The van der Waals surface area contributed by atoms with Crippen LogP contribution in [0.5, 0.6) is 0 Å². The minimum Gasteiger partial charge on any atom is -0.465 e. The van der Waals surface area contributed by atoms with E-state index >= 15 is 0 Å². The number of hydrogen-bond donors (Lipinski definition) is 1. The molecule has 1 aromatic rings. The van der Waals surface area contributed by atoms with Crippen LogP contribution in [0, 0.1) is 0 Å². The Balaban J connectivity index is 2.10. The molecule has 0 amide bonds. The predicted molar refractivity (Wildman–Crippen MR) is 71.1 cm³/mol. The first-order valence-corrected chi connectivity index (χ1v) is 6.40. The van der Waals surface area contributed by atoms with E-state index in [-0.39, 0.29) is 12.0 Å². The molecule has 0 fully saturated rings. The number of nitrogens with zero attached hydrogens (tertiary/aromatic N) is 1. The van der Waals surface area contributed by atoms with Crippen LogP contribution in [0.15, 0.2) is 18.2 Å². The molecule has 0 aromatic heterocycles. The van der Waals surface area contributed by atoms with E-state index in [2.05, 4.69) is 11.0 Å². The quantitative estimate of drug-likeness (QED) is 0.652. The fraction of sp³-hybridized carbons (Fsp3) is 0.500. The highest BCUT2D eigenvalue weighted by Gasteiger charge is 2.26. The van der Waals surface area contributed by atoms with Gasteiger partial charge in [0.2, 0.25) is 0 Å². The standard InChI is InChI=1S/C14H20N2O2/c1-3-18-14(17)10(2)16-8-7-12-11(9-16)5-4-6-13(12)15/h4-6,10H,3,7-9,15H2,1-2H3. The Bertz CT molecular complexity index is 445. The van der Waals surface area contributed by atoms with Crippen molar-refractivity contribution in [3.05, 3.63) is 29.3 Å². The van der Waals surface area contributed by atoms with Gasteiger partial charge in [-0.2, -0.15) is 0 Å². The summed E-state index contributed by atoms with van der Waals surface area (Å²) in [4.78, 5) is 13.9. The van der Waals surface area contributed by atoms with E-state index in [9.17, 15) is 4.79 Å². The molecule has 4 nitrogen and oxygen atoms in total. The Morgan fingerprint density at radius 2 is 2.33 bits per heavy atom. The first kappa shape index (κ1) is 12.9. The molecule has 0 saturated heterocycles. The topological polar surface area (TPSA) is 55.6 Å². The molecule has 2 rings (SSSR count). The lowest BCUT2D eigenvalue weighted by molar-refractivity contribution is -0.149. The molecule has 1 aliphatic rings. The van der Waals surface area contributed by atoms with Gasteiger partial charge < -0.3 is 10.5 Å². The van der Waals surface area contributed by atoms with E-state index in [0.717, 1.165) is 25.2 Å². The first-order valence-electron chi connectivity index (χ1n) is 6.40. The van der Waals surface area contributed by atoms with E-state index in [0.29, 0.717) is 6.61 Å². The molecule has 0 radical (unpaired) electrons. The summed E-state index contributed by atoms with van der Waals surface area (Å²) in [5, 5.41) is 0. The highest BCUT2D eigenvalue weighted by atomic mass is 16.5. The van der Waals surface area contributed by atoms with E-state index in [4.69, 9.17) is 10.5 Å². The number of hydrogen-bond acceptors (Lipinski definition) is 4. The number of rotatable bonds is 3. The molecule has 98 valence electrons. The van der Waals surface area contributed by atoms with Crippen LogP contribution in [0.3, 0.4) is 0 Å². The third-order valence-electron chi connectivity index (χ3n) is 3.51. The summed E-state index contributed by atoms with van der Waals surface area (Å²) < 4.78 is 5.06. The number of carbonyl (C=O) groups is 1. The lowest BCUT2D eigenvalue weighted by Gasteiger charge is -2.32. The number of benzene rings is 1. The highest BCUT2D eigenvalue weighted by molar-refractivity contribution is 5.75. The fourth-order valence-corrected chi connectivity index (χ4v) is 2.40. The minimum atomic E-state index is -0.195. The summed E-state index contributed by atoms with van der Waals surface area (Å²) in [6.45, 7) is 5.77. The van der Waals surface area contributed by atoms with Crippen molar-refractivity contribution >= 4 is 11.7 Å². The SMILES string of the molecule is CCOC(=O)C(C)N1CCc2c(N)cccc2C1. The summed E-state index contributed by atoms with van der Waals surface area (Å²) in [5.74, 6) is -0.148. The smallest absolute Gasteiger partial charge is 0.323 e. The van der Waals surface area contributed by atoms with Gasteiger partial charge in [-0.25, -0.2) is 0 Å². The van der Waals surface area contributed by atoms with Gasteiger partial charge >= 0.3 is 5.97 Å². The predicted octanol–water partition coefficient (Wildman–Crippen LogP) is 1.58. The van der Waals surface area contributed by atoms with Gasteiger partial charge in [-0.15, -0.1) is 0 Å². The molecule has 1 atom stereocenters. The number of fused-ring (bicyclic) bond motifs is 1. The molecule has 1 aromatic carbocycles. The van der Waals surface area contributed by atoms with Crippen LogP contribution in [-0.4, -0.2) is 30.1 Å². The van der Waals surface area contributed by atoms with Crippen LogP contribution in [0.1, 0.15) is 25.0 Å². The minimum absolute atomic E-state index is 0.148. The van der Waals surface area contributed by atoms with Crippen molar-refractivity contribution < 1.29 is 9.53 Å². The number of esters is 1. The molecule has 0 bridgehead atoms. The molecular weight excluding hydrogens is 228 g/mol. The number of carbonyl (C=O) groups excluding carboxylic acids is 1. The molecule has 1 unspecified atom stereocenters. The summed E-state index contributed by atoms with van der Waals surface area (Å²) in [6.07, 6.45) is 0.895. The van der Waals surface area contributed by atoms with E-state index in [1.807, 2.05) is 26.0 Å². The van der Waals surface area contributed by atoms with Crippen LogP contribution in [0.4, 0.5) is 5.69 Å². The molecule has 1 aliphatic heterocycles. The number of nitrogen functional groups attached to an aromatic ring is 1. The molecule has 0 spiro atoms. The van der Waals surface area contributed by atoms with Gasteiger partial charge in [-0.3, -0.25) is 9.69 Å². The van der Waals surface area contributed by atoms with E-state index in [1.54, 1.807) is 0 Å². The second-order valence-electron chi connectivity index (χ2n) is 4.63.